The Morgan fingerprint density at radius 3 is 2.29 bits per heavy atom. The molecule has 0 aromatic heterocycles. The predicted molar refractivity (Wildman–Crippen MR) is 17.1 cm³/mol. The second-order valence-corrected chi connectivity index (χ2v) is 1.10. The first-order valence-corrected chi connectivity index (χ1v) is 2.10. The Balaban J connectivity index is 0. The van der Waals surface area contributed by atoms with E-state index in [1.54, 1.807) is 0 Å². The molecule has 0 radical (unpaired) electrons. The van der Waals surface area contributed by atoms with Gasteiger partial charge in [0.25, 0.3) is 0 Å². The minimum atomic E-state index is -2.57. The van der Waals surface area contributed by atoms with Gasteiger partial charge in [-0.3, -0.25) is 4.18 Å². The molecule has 0 aliphatic heterocycles. The fourth-order valence-corrected chi connectivity index (χ4v) is 0.129. The van der Waals surface area contributed by atoms with Crippen LogP contribution in [0.2, 0.25) is 0 Å². The number of hydrogen-bond donors (Lipinski definition) is 1. The van der Waals surface area contributed by atoms with Crippen molar-refractivity contribution < 1.29 is 47.6 Å². The van der Waals surface area contributed by atoms with Gasteiger partial charge in [0.05, 0.1) is 11.4 Å². The van der Waals surface area contributed by atoms with Gasteiger partial charge in [-0.2, -0.15) is 0 Å². The summed E-state index contributed by atoms with van der Waals surface area (Å²) < 4.78 is 21.9. The van der Waals surface area contributed by atoms with Crippen molar-refractivity contribution in [1.82, 2.24) is 0 Å². The zero-order chi connectivity index (χ0) is 4.99. The molecule has 0 aliphatic rings. The van der Waals surface area contributed by atoms with Gasteiger partial charge in [0.15, 0.2) is 6.79 Å². The van der Waals surface area contributed by atoms with Crippen molar-refractivity contribution >= 4 is 11.4 Å². The zero-order valence-electron chi connectivity index (χ0n) is 3.79. The van der Waals surface area contributed by atoms with Crippen molar-refractivity contribution in [3.05, 3.63) is 0 Å². The third-order valence-electron chi connectivity index (χ3n) is 0.149. The van der Waals surface area contributed by atoms with Crippen LogP contribution in [0.15, 0.2) is 0 Å². The Kier molecular flexibility index (Phi) is 11.0. The van der Waals surface area contributed by atoms with Crippen LogP contribution < -0.4 is 29.6 Å². The summed E-state index contributed by atoms with van der Waals surface area (Å²) in [5, 5.41) is 7.62. The van der Waals surface area contributed by atoms with E-state index in [1.165, 1.54) is 0 Å². The van der Waals surface area contributed by atoms with Gasteiger partial charge in [-0.25, -0.2) is 4.21 Å². The monoisotopic (exact) mass is 134 g/mol. The fourth-order valence-electron chi connectivity index (χ4n) is 0.0430. The van der Waals surface area contributed by atoms with Crippen LogP contribution >= 0.6 is 0 Å². The van der Waals surface area contributed by atoms with Gasteiger partial charge in [-0.05, 0) is 0 Å². The Morgan fingerprint density at radius 2 is 2.29 bits per heavy atom. The molecule has 4 nitrogen and oxygen atoms in total. The number of rotatable bonds is 2. The van der Waals surface area contributed by atoms with Gasteiger partial charge in [0.1, 0.15) is 0 Å². The Bertz CT molecular complexity index is 55.7. The minimum Gasteiger partial charge on any atom is -0.750 e. The summed E-state index contributed by atoms with van der Waals surface area (Å²) in [6.45, 7) is -0.782. The molecule has 1 unspecified atom stereocenters. The second-order valence-electron chi connectivity index (χ2n) is 0.451. The normalized spacial score (nSPS) is 12.3. The number of hydrogen-bond acceptors (Lipinski definition) is 4. The van der Waals surface area contributed by atoms with E-state index in [0.29, 0.717) is 0 Å². The van der Waals surface area contributed by atoms with Crippen LogP contribution in [-0.4, -0.2) is 20.7 Å². The quantitative estimate of drug-likeness (QED) is 0.236. The van der Waals surface area contributed by atoms with E-state index in [1.807, 2.05) is 0 Å². The van der Waals surface area contributed by atoms with Gasteiger partial charge in [-0.1, -0.05) is 0 Å². The summed E-state index contributed by atoms with van der Waals surface area (Å²) in [7, 11) is 0. The molecule has 1 N–H and O–H groups in total. The van der Waals surface area contributed by atoms with Gasteiger partial charge < -0.3 is 9.66 Å². The van der Waals surface area contributed by atoms with Crippen LogP contribution in [0.3, 0.4) is 0 Å². The van der Waals surface area contributed by atoms with Crippen LogP contribution in [0.4, 0.5) is 0 Å². The standard InChI is InChI=1S/CH4O4S.Na/c2-1-5-6(3)4;/h2H,1H2,(H,3,4);/q;+1/p-1. The molecule has 38 valence electrons. The molecular weight excluding hydrogens is 131 g/mol. The molecule has 1 atom stereocenters. The molecule has 0 spiro atoms. The van der Waals surface area contributed by atoms with E-state index in [0.717, 1.165) is 0 Å². The summed E-state index contributed by atoms with van der Waals surface area (Å²) in [4.78, 5) is 0. The molecule has 0 aromatic carbocycles. The van der Waals surface area contributed by atoms with Crippen molar-refractivity contribution in [1.29, 1.82) is 0 Å². The Morgan fingerprint density at radius 1 is 1.86 bits per heavy atom. The van der Waals surface area contributed by atoms with Crippen molar-refractivity contribution in [2.24, 2.45) is 0 Å². The molecule has 6 heteroatoms. The Hall–Kier alpha value is 1.03. The summed E-state index contributed by atoms with van der Waals surface area (Å²) in [6.07, 6.45) is 0. The second kappa shape index (κ2) is 7.03. The van der Waals surface area contributed by atoms with Crippen LogP contribution in [0.25, 0.3) is 0 Å². The van der Waals surface area contributed by atoms with Crippen molar-refractivity contribution in [3.63, 3.8) is 0 Å². The van der Waals surface area contributed by atoms with E-state index in [2.05, 4.69) is 4.18 Å². The van der Waals surface area contributed by atoms with Crippen LogP contribution in [0, 0.1) is 0 Å². The van der Waals surface area contributed by atoms with Crippen molar-refractivity contribution in [2.45, 2.75) is 0 Å². The third kappa shape index (κ3) is 11.0. The van der Waals surface area contributed by atoms with Crippen LogP contribution in [0.1, 0.15) is 0 Å². The molecule has 0 fully saturated rings. The van der Waals surface area contributed by atoms with E-state index < -0.39 is 18.2 Å². The molecule has 7 heavy (non-hydrogen) atoms. The first-order valence-electron chi connectivity index (χ1n) is 1.10. The predicted octanol–water partition coefficient (Wildman–Crippen LogP) is -4.25. The fraction of sp³-hybridized carbons (Fsp3) is 1.00. The average Bonchev–Trinajstić information content (AvgIpc) is 1.35. The number of aliphatic hydroxyl groups is 1. The molecule has 0 heterocycles. The summed E-state index contributed by atoms with van der Waals surface area (Å²) in [6, 6.07) is 0. The minimum absolute atomic E-state index is 0. The number of aliphatic hydroxyl groups excluding tert-OH is 1. The van der Waals surface area contributed by atoms with Gasteiger partial charge in [0.2, 0.25) is 0 Å². The van der Waals surface area contributed by atoms with E-state index >= 15 is 0 Å². The molecule has 0 aromatic rings. The topological polar surface area (TPSA) is 69.6 Å². The molecule has 0 aliphatic carbocycles. The van der Waals surface area contributed by atoms with Gasteiger partial charge >= 0.3 is 29.6 Å². The molecule has 0 saturated heterocycles. The van der Waals surface area contributed by atoms with Gasteiger partial charge in [0, 0.05) is 0 Å². The van der Waals surface area contributed by atoms with E-state index in [9.17, 15) is 8.76 Å². The summed E-state index contributed by atoms with van der Waals surface area (Å²) in [5.41, 5.74) is 0. The van der Waals surface area contributed by atoms with Gasteiger partial charge in [-0.15, -0.1) is 0 Å². The first-order chi connectivity index (χ1) is 2.77. The molecule has 0 bridgehead atoms. The molecular formula is CH3NaO4S. The SMILES string of the molecule is O=S([O-])OCO.[Na+]. The van der Waals surface area contributed by atoms with E-state index in [-0.39, 0.29) is 29.6 Å². The molecule has 0 rings (SSSR count). The molecule has 0 amide bonds. The maximum Gasteiger partial charge on any atom is 1.00 e. The molecule has 0 saturated carbocycles. The van der Waals surface area contributed by atoms with E-state index in [4.69, 9.17) is 5.11 Å². The van der Waals surface area contributed by atoms with Crippen molar-refractivity contribution in [2.75, 3.05) is 6.79 Å². The third-order valence-corrected chi connectivity index (χ3v) is 0.447. The van der Waals surface area contributed by atoms with Crippen molar-refractivity contribution in [3.8, 4) is 0 Å². The maximum absolute atomic E-state index is 9.22. The van der Waals surface area contributed by atoms with Crippen LogP contribution in [0.5, 0.6) is 0 Å². The smallest absolute Gasteiger partial charge is 0.750 e. The Labute approximate surface area is 65.6 Å². The average molecular weight is 134 g/mol. The maximum atomic E-state index is 9.22. The zero-order valence-corrected chi connectivity index (χ0v) is 6.60. The van der Waals surface area contributed by atoms with Crippen LogP contribution in [-0.2, 0) is 15.5 Å². The summed E-state index contributed by atoms with van der Waals surface area (Å²) >= 11 is -2.57. The largest absolute Gasteiger partial charge is 1.00 e. The first kappa shape index (κ1) is 10.9. The summed E-state index contributed by atoms with van der Waals surface area (Å²) in [5.74, 6) is 0.